The molecule has 5 nitrogen and oxygen atoms in total. The van der Waals surface area contributed by atoms with Gasteiger partial charge in [-0.1, -0.05) is 12.1 Å². The third-order valence-electron chi connectivity index (χ3n) is 3.89. The van der Waals surface area contributed by atoms with Crippen molar-refractivity contribution in [3.63, 3.8) is 0 Å². The molecular formula is C18H18ClN3O2. The zero-order valence-electron chi connectivity index (χ0n) is 13.8. The van der Waals surface area contributed by atoms with Crippen LogP contribution in [0.5, 0.6) is 11.5 Å². The minimum absolute atomic E-state index is 0.469. The third kappa shape index (κ3) is 2.95. The van der Waals surface area contributed by atoms with Crippen molar-refractivity contribution in [2.24, 2.45) is 0 Å². The molecule has 24 heavy (non-hydrogen) atoms. The van der Waals surface area contributed by atoms with Crippen LogP contribution >= 0.6 is 11.6 Å². The van der Waals surface area contributed by atoms with Crippen molar-refractivity contribution >= 4 is 34.0 Å². The lowest BCUT2D eigenvalue weighted by Crippen LogP contribution is -2.12. The molecule has 124 valence electrons. The van der Waals surface area contributed by atoms with E-state index in [-0.39, 0.29) is 0 Å². The second kappa shape index (κ2) is 6.93. The van der Waals surface area contributed by atoms with E-state index in [9.17, 15) is 0 Å². The Balaban J connectivity index is 2.14. The Morgan fingerprint density at radius 1 is 1.04 bits per heavy atom. The predicted molar refractivity (Wildman–Crippen MR) is 96.7 cm³/mol. The number of methoxy groups -OCH3 is 2. The molecule has 2 aromatic carbocycles. The topological polar surface area (TPSA) is 47.5 Å². The summed E-state index contributed by atoms with van der Waals surface area (Å²) in [5.41, 5.74) is 2.85. The summed E-state index contributed by atoms with van der Waals surface area (Å²) in [5.74, 6) is 2.54. The summed E-state index contributed by atoms with van der Waals surface area (Å²) in [7, 11) is 5.18. The monoisotopic (exact) mass is 343 g/mol. The van der Waals surface area contributed by atoms with E-state index in [0.717, 1.165) is 28.0 Å². The van der Waals surface area contributed by atoms with Gasteiger partial charge in [-0.25, -0.2) is 9.97 Å². The van der Waals surface area contributed by atoms with Crippen molar-refractivity contribution in [2.75, 3.05) is 26.2 Å². The van der Waals surface area contributed by atoms with Crippen LogP contribution in [-0.4, -0.2) is 31.2 Å². The summed E-state index contributed by atoms with van der Waals surface area (Å²) < 4.78 is 10.8. The zero-order valence-corrected chi connectivity index (χ0v) is 14.5. The molecule has 0 unspecified atom stereocenters. The molecule has 0 spiro atoms. The molecule has 0 aliphatic heterocycles. The highest BCUT2D eigenvalue weighted by Crippen LogP contribution is 2.36. The maximum absolute atomic E-state index is 5.94. The Hall–Kier alpha value is -2.53. The lowest BCUT2D eigenvalue weighted by molar-refractivity contribution is 0.356. The number of alkyl halides is 1. The number of benzene rings is 2. The van der Waals surface area contributed by atoms with Gasteiger partial charge in [0, 0.05) is 30.1 Å². The van der Waals surface area contributed by atoms with Gasteiger partial charge in [0.2, 0.25) is 0 Å². The van der Waals surface area contributed by atoms with E-state index in [1.807, 2.05) is 48.3 Å². The van der Waals surface area contributed by atoms with Crippen LogP contribution in [0.15, 0.2) is 42.7 Å². The fourth-order valence-electron chi connectivity index (χ4n) is 2.61. The van der Waals surface area contributed by atoms with Crippen LogP contribution in [-0.2, 0) is 5.88 Å². The van der Waals surface area contributed by atoms with Crippen LogP contribution in [0.4, 0.5) is 11.5 Å². The van der Waals surface area contributed by atoms with Gasteiger partial charge in [0.15, 0.2) is 11.5 Å². The first kappa shape index (κ1) is 16.3. The normalized spacial score (nSPS) is 10.7. The molecule has 6 heteroatoms. The van der Waals surface area contributed by atoms with Gasteiger partial charge in [-0.2, -0.15) is 0 Å². The predicted octanol–water partition coefficient (Wildman–Crippen LogP) is 4.15. The van der Waals surface area contributed by atoms with Gasteiger partial charge in [0.05, 0.1) is 19.7 Å². The van der Waals surface area contributed by atoms with Gasteiger partial charge in [-0.3, -0.25) is 0 Å². The molecule has 3 rings (SSSR count). The van der Waals surface area contributed by atoms with Crippen LogP contribution < -0.4 is 14.4 Å². The molecule has 0 N–H and O–H groups in total. The SMILES string of the molecule is COc1cc2ncnc(N(C)c3cccc(CCl)c3)c2cc1OC. The largest absolute Gasteiger partial charge is 0.493 e. The first-order valence-corrected chi connectivity index (χ1v) is 7.96. The number of hydrogen-bond acceptors (Lipinski definition) is 5. The van der Waals surface area contributed by atoms with Gasteiger partial charge < -0.3 is 14.4 Å². The molecule has 0 amide bonds. The minimum Gasteiger partial charge on any atom is -0.493 e. The summed E-state index contributed by atoms with van der Waals surface area (Å²) in [4.78, 5) is 10.8. The Kier molecular flexibility index (Phi) is 4.71. The Labute approximate surface area is 145 Å². The van der Waals surface area contributed by atoms with E-state index in [0.29, 0.717) is 17.4 Å². The molecule has 0 fully saturated rings. The van der Waals surface area contributed by atoms with Crippen molar-refractivity contribution in [1.82, 2.24) is 9.97 Å². The van der Waals surface area contributed by atoms with Crippen molar-refractivity contribution < 1.29 is 9.47 Å². The quantitative estimate of drug-likeness (QED) is 0.651. The average molecular weight is 344 g/mol. The van der Waals surface area contributed by atoms with Gasteiger partial charge in [-0.05, 0) is 23.8 Å². The van der Waals surface area contributed by atoms with Gasteiger partial charge >= 0.3 is 0 Å². The minimum atomic E-state index is 0.469. The molecule has 0 saturated carbocycles. The van der Waals surface area contributed by atoms with E-state index in [4.69, 9.17) is 21.1 Å². The van der Waals surface area contributed by atoms with Crippen LogP contribution in [0.1, 0.15) is 5.56 Å². The number of hydrogen-bond donors (Lipinski definition) is 0. The van der Waals surface area contributed by atoms with Crippen LogP contribution in [0, 0.1) is 0 Å². The molecule has 0 radical (unpaired) electrons. The zero-order chi connectivity index (χ0) is 17.1. The third-order valence-corrected chi connectivity index (χ3v) is 4.20. The van der Waals surface area contributed by atoms with Crippen LogP contribution in [0.2, 0.25) is 0 Å². The first-order chi connectivity index (χ1) is 11.7. The van der Waals surface area contributed by atoms with Crippen molar-refractivity contribution in [1.29, 1.82) is 0 Å². The number of halogens is 1. The van der Waals surface area contributed by atoms with Gasteiger partial charge in [0.25, 0.3) is 0 Å². The summed E-state index contributed by atoms with van der Waals surface area (Å²) in [6.45, 7) is 0. The fraction of sp³-hybridized carbons (Fsp3) is 0.222. The Morgan fingerprint density at radius 2 is 1.79 bits per heavy atom. The second-order valence-electron chi connectivity index (χ2n) is 5.28. The maximum atomic E-state index is 5.94. The van der Waals surface area contributed by atoms with Crippen molar-refractivity contribution in [2.45, 2.75) is 5.88 Å². The Bertz CT molecular complexity index is 870. The lowest BCUT2D eigenvalue weighted by Gasteiger charge is -2.21. The summed E-state index contributed by atoms with van der Waals surface area (Å²) in [6, 6.07) is 11.8. The number of ether oxygens (including phenoxy) is 2. The van der Waals surface area contributed by atoms with E-state index in [2.05, 4.69) is 9.97 Å². The highest BCUT2D eigenvalue weighted by molar-refractivity contribution is 6.17. The number of nitrogens with zero attached hydrogens (tertiary/aromatic N) is 3. The fourth-order valence-corrected chi connectivity index (χ4v) is 2.77. The molecule has 0 atom stereocenters. The summed E-state index contributed by atoms with van der Waals surface area (Å²) in [5, 5.41) is 0.883. The van der Waals surface area contributed by atoms with Crippen LogP contribution in [0.3, 0.4) is 0 Å². The first-order valence-electron chi connectivity index (χ1n) is 7.43. The Morgan fingerprint density at radius 3 is 2.50 bits per heavy atom. The van der Waals surface area contributed by atoms with E-state index in [1.54, 1.807) is 20.5 Å². The molecule has 1 heterocycles. The molecule has 3 aromatic rings. The maximum Gasteiger partial charge on any atom is 0.162 e. The number of fused-ring (bicyclic) bond motifs is 1. The smallest absolute Gasteiger partial charge is 0.162 e. The van der Waals surface area contributed by atoms with Gasteiger partial charge in [-0.15, -0.1) is 11.6 Å². The summed E-state index contributed by atoms with van der Waals surface area (Å²) in [6.07, 6.45) is 1.55. The van der Waals surface area contributed by atoms with Crippen LogP contribution in [0.25, 0.3) is 10.9 Å². The highest BCUT2D eigenvalue weighted by Gasteiger charge is 2.14. The molecule has 0 aliphatic carbocycles. The second-order valence-corrected chi connectivity index (χ2v) is 5.55. The lowest BCUT2D eigenvalue weighted by atomic mass is 10.1. The van der Waals surface area contributed by atoms with Gasteiger partial charge in [0.1, 0.15) is 12.1 Å². The van der Waals surface area contributed by atoms with E-state index < -0.39 is 0 Å². The average Bonchev–Trinajstić information content (AvgIpc) is 2.65. The molecule has 0 aliphatic rings. The van der Waals surface area contributed by atoms with Crippen molar-refractivity contribution in [3.8, 4) is 11.5 Å². The highest BCUT2D eigenvalue weighted by atomic mass is 35.5. The molecule has 1 aromatic heterocycles. The van der Waals surface area contributed by atoms with Crippen molar-refractivity contribution in [3.05, 3.63) is 48.3 Å². The molecule has 0 saturated heterocycles. The number of aromatic nitrogens is 2. The van der Waals surface area contributed by atoms with E-state index >= 15 is 0 Å². The standard InChI is InChI=1S/C18H18ClN3O2/c1-22(13-6-4-5-12(7-13)10-19)18-14-8-16(23-2)17(24-3)9-15(14)20-11-21-18/h4-9,11H,10H2,1-3H3. The number of rotatable bonds is 5. The summed E-state index contributed by atoms with van der Waals surface area (Å²) >= 11 is 5.94. The molecular weight excluding hydrogens is 326 g/mol. The van der Waals surface area contributed by atoms with E-state index in [1.165, 1.54) is 0 Å². The number of anilines is 2. The molecule has 0 bridgehead atoms.